The van der Waals surface area contributed by atoms with E-state index in [-0.39, 0.29) is 5.91 Å². The highest BCUT2D eigenvalue weighted by molar-refractivity contribution is 5.94. The first kappa shape index (κ1) is 15.1. The molecule has 1 aromatic carbocycles. The number of benzene rings is 1. The maximum Gasteiger partial charge on any atom is 0.251 e. The van der Waals surface area contributed by atoms with Gasteiger partial charge in [-0.25, -0.2) is 9.97 Å². The fraction of sp³-hybridized carbons (Fsp3) is 0.111. The van der Waals surface area contributed by atoms with Crippen LogP contribution in [0.15, 0.2) is 55.1 Å². The van der Waals surface area contributed by atoms with Gasteiger partial charge in [0.25, 0.3) is 5.91 Å². The predicted octanol–water partition coefficient (Wildman–Crippen LogP) is 2.36. The molecule has 3 heterocycles. The predicted molar refractivity (Wildman–Crippen MR) is 92.9 cm³/mol. The van der Waals surface area contributed by atoms with Crippen LogP contribution in [0.3, 0.4) is 0 Å². The molecule has 0 aliphatic carbocycles. The molecule has 7 heteroatoms. The van der Waals surface area contributed by atoms with Gasteiger partial charge in [-0.2, -0.15) is 5.10 Å². The highest BCUT2D eigenvalue weighted by Gasteiger charge is 2.09. The molecule has 1 amide bonds. The zero-order chi connectivity index (χ0) is 17.2. The van der Waals surface area contributed by atoms with Crippen LogP contribution in [0.25, 0.3) is 17.0 Å². The summed E-state index contributed by atoms with van der Waals surface area (Å²) in [6, 6.07) is 11.2. The van der Waals surface area contributed by atoms with Crippen LogP contribution < -0.4 is 5.32 Å². The number of carbonyl (C=O) groups excluding carboxylic acids is 1. The zero-order valence-electron chi connectivity index (χ0n) is 13.6. The molecular formula is C18H16N6O. The normalized spacial score (nSPS) is 10.9. The molecular weight excluding hydrogens is 316 g/mol. The number of rotatable bonds is 4. The molecule has 0 fully saturated rings. The third-order valence-corrected chi connectivity index (χ3v) is 4.07. The Kier molecular flexibility index (Phi) is 3.74. The second-order valence-electron chi connectivity index (χ2n) is 5.73. The van der Waals surface area contributed by atoms with Gasteiger partial charge in [0, 0.05) is 17.3 Å². The van der Waals surface area contributed by atoms with Gasteiger partial charge in [0.15, 0.2) is 5.82 Å². The third kappa shape index (κ3) is 2.87. The topological polar surface area (TPSA) is 88.0 Å². The molecule has 0 aliphatic heterocycles. The summed E-state index contributed by atoms with van der Waals surface area (Å²) >= 11 is 0. The molecule has 2 N–H and O–H groups in total. The van der Waals surface area contributed by atoms with Crippen molar-refractivity contribution in [1.29, 1.82) is 0 Å². The Morgan fingerprint density at radius 3 is 2.80 bits per heavy atom. The average molecular weight is 332 g/mol. The summed E-state index contributed by atoms with van der Waals surface area (Å²) in [4.78, 5) is 20.9. The van der Waals surface area contributed by atoms with Gasteiger partial charge < -0.3 is 9.72 Å². The lowest BCUT2D eigenvalue weighted by Gasteiger charge is -2.06. The fourth-order valence-electron chi connectivity index (χ4n) is 2.73. The summed E-state index contributed by atoms with van der Waals surface area (Å²) < 4.78 is 1.99. The first-order valence-corrected chi connectivity index (χ1v) is 7.88. The number of aromatic amines is 1. The number of nitrogens with zero attached hydrogens (tertiary/aromatic N) is 4. The molecule has 0 atom stereocenters. The summed E-state index contributed by atoms with van der Waals surface area (Å²) in [6.45, 7) is 2.42. The zero-order valence-corrected chi connectivity index (χ0v) is 13.6. The van der Waals surface area contributed by atoms with E-state index in [4.69, 9.17) is 0 Å². The van der Waals surface area contributed by atoms with E-state index in [9.17, 15) is 4.79 Å². The van der Waals surface area contributed by atoms with Crippen molar-refractivity contribution in [2.24, 2.45) is 0 Å². The van der Waals surface area contributed by atoms with Crippen LogP contribution in [0.1, 0.15) is 21.6 Å². The highest BCUT2D eigenvalue weighted by Crippen LogP contribution is 2.15. The Balaban J connectivity index is 1.47. The minimum absolute atomic E-state index is 0.133. The molecule has 0 spiro atoms. The number of aryl methyl sites for hydroxylation is 1. The van der Waals surface area contributed by atoms with Crippen LogP contribution in [0, 0.1) is 6.92 Å². The number of hydrogen-bond donors (Lipinski definition) is 2. The molecule has 4 rings (SSSR count). The summed E-state index contributed by atoms with van der Waals surface area (Å²) in [6.07, 6.45) is 5.19. The molecule has 25 heavy (non-hydrogen) atoms. The van der Waals surface area contributed by atoms with Crippen molar-refractivity contribution in [2.75, 3.05) is 0 Å². The summed E-state index contributed by atoms with van der Waals surface area (Å²) in [7, 11) is 0. The molecule has 124 valence electrons. The first-order chi connectivity index (χ1) is 12.2. The highest BCUT2D eigenvalue weighted by atomic mass is 16.1. The number of aromatic nitrogens is 5. The van der Waals surface area contributed by atoms with Crippen molar-refractivity contribution in [3.05, 3.63) is 71.9 Å². The van der Waals surface area contributed by atoms with E-state index < -0.39 is 0 Å². The molecule has 4 aromatic rings. The van der Waals surface area contributed by atoms with Crippen LogP contribution in [0.2, 0.25) is 0 Å². The minimum atomic E-state index is -0.133. The maximum absolute atomic E-state index is 12.4. The van der Waals surface area contributed by atoms with Gasteiger partial charge >= 0.3 is 0 Å². The van der Waals surface area contributed by atoms with E-state index in [2.05, 4.69) is 25.5 Å². The van der Waals surface area contributed by atoms with Crippen molar-refractivity contribution in [2.45, 2.75) is 13.5 Å². The molecule has 7 nitrogen and oxygen atoms in total. The molecule has 3 aromatic heterocycles. The van der Waals surface area contributed by atoms with Gasteiger partial charge in [-0.1, -0.05) is 18.2 Å². The first-order valence-electron chi connectivity index (χ1n) is 7.88. The van der Waals surface area contributed by atoms with Crippen LogP contribution in [0.5, 0.6) is 0 Å². The summed E-state index contributed by atoms with van der Waals surface area (Å²) in [5.41, 5.74) is 4.41. The van der Waals surface area contributed by atoms with Gasteiger partial charge in [0.1, 0.15) is 12.0 Å². The number of fused-ring (bicyclic) bond motifs is 1. The molecule has 0 aliphatic rings. The molecule has 0 radical (unpaired) electrons. The van der Waals surface area contributed by atoms with E-state index in [1.807, 2.05) is 41.8 Å². The van der Waals surface area contributed by atoms with Gasteiger partial charge in [-0.3, -0.25) is 9.89 Å². The van der Waals surface area contributed by atoms with Gasteiger partial charge in [0.05, 0.1) is 18.4 Å². The van der Waals surface area contributed by atoms with Gasteiger partial charge in [0.2, 0.25) is 0 Å². The van der Waals surface area contributed by atoms with Gasteiger partial charge in [-0.15, -0.1) is 0 Å². The molecule has 0 saturated heterocycles. The Hall–Kier alpha value is -3.48. The summed E-state index contributed by atoms with van der Waals surface area (Å²) in [5.74, 6) is 0.541. The largest absolute Gasteiger partial charge is 0.346 e. The Bertz CT molecular complexity index is 1020. The van der Waals surface area contributed by atoms with E-state index in [0.29, 0.717) is 17.9 Å². The lowest BCUT2D eigenvalue weighted by molar-refractivity contribution is 0.0950. The Labute approximate surface area is 143 Å². The molecule has 0 unspecified atom stereocenters. The van der Waals surface area contributed by atoms with Crippen molar-refractivity contribution in [1.82, 2.24) is 29.9 Å². The van der Waals surface area contributed by atoms with Crippen LogP contribution in [-0.4, -0.2) is 30.5 Å². The minimum Gasteiger partial charge on any atom is -0.346 e. The quantitative estimate of drug-likeness (QED) is 0.600. The summed E-state index contributed by atoms with van der Waals surface area (Å²) in [5, 5.41) is 9.55. The van der Waals surface area contributed by atoms with Crippen molar-refractivity contribution < 1.29 is 4.79 Å². The Morgan fingerprint density at radius 2 is 2.04 bits per heavy atom. The Morgan fingerprint density at radius 1 is 1.20 bits per heavy atom. The third-order valence-electron chi connectivity index (χ3n) is 4.07. The number of imidazole rings is 1. The number of nitrogens with one attached hydrogen (secondary N) is 2. The van der Waals surface area contributed by atoms with Crippen molar-refractivity contribution >= 4 is 11.6 Å². The monoisotopic (exact) mass is 332 g/mol. The van der Waals surface area contributed by atoms with Crippen LogP contribution >= 0.6 is 0 Å². The van der Waals surface area contributed by atoms with Crippen LogP contribution in [0.4, 0.5) is 0 Å². The smallest absolute Gasteiger partial charge is 0.251 e. The second-order valence-corrected chi connectivity index (χ2v) is 5.73. The van der Waals surface area contributed by atoms with E-state index >= 15 is 0 Å². The van der Waals surface area contributed by atoms with Crippen molar-refractivity contribution in [3.63, 3.8) is 0 Å². The standard InChI is InChI=1S/C18H16N6O/c1-12-3-2-8-24-15(9-19-17(12)24)10-20-18(25)14-6-4-13(5-7-14)16-21-11-22-23-16/h2-9,11H,10H2,1H3,(H,20,25)(H,21,22,23). The average Bonchev–Trinajstić information content (AvgIpc) is 3.30. The molecule has 0 bridgehead atoms. The van der Waals surface area contributed by atoms with E-state index in [1.54, 1.807) is 18.3 Å². The van der Waals surface area contributed by atoms with Crippen LogP contribution in [-0.2, 0) is 6.54 Å². The van der Waals surface area contributed by atoms with E-state index in [0.717, 1.165) is 22.5 Å². The number of carbonyl (C=O) groups is 1. The number of hydrogen-bond acceptors (Lipinski definition) is 4. The van der Waals surface area contributed by atoms with Gasteiger partial charge in [-0.05, 0) is 30.7 Å². The molecule has 0 saturated carbocycles. The maximum atomic E-state index is 12.4. The number of H-pyrrole nitrogens is 1. The lowest BCUT2D eigenvalue weighted by atomic mass is 10.1. The lowest BCUT2D eigenvalue weighted by Crippen LogP contribution is -2.23. The number of amides is 1. The number of pyridine rings is 1. The second kappa shape index (κ2) is 6.20. The van der Waals surface area contributed by atoms with Crippen molar-refractivity contribution in [3.8, 4) is 11.4 Å². The van der Waals surface area contributed by atoms with E-state index in [1.165, 1.54) is 6.33 Å². The fourth-order valence-corrected chi connectivity index (χ4v) is 2.73. The SMILES string of the molecule is Cc1cccn2c(CNC(=O)c3ccc(-c4ncn[nH]4)cc3)cnc12.